The summed E-state index contributed by atoms with van der Waals surface area (Å²) in [6, 6.07) is 14.8. The average Bonchev–Trinajstić information content (AvgIpc) is 2.65. The van der Waals surface area contributed by atoms with Crippen molar-refractivity contribution in [2.75, 3.05) is 20.3 Å². The minimum Gasteiger partial charge on any atom is -0.490 e. The van der Waals surface area contributed by atoms with Crippen LogP contribution in [0.3, 0.4) is 0 Å². The molecule has 0 N–H and O–H groups in total. The molecule has 0 heterocycles. The minimum absolute atomic E-state index is 0.0590. The lowest BCUT2D eigenvalue weighted by Crippen LogP contribution is -2.33. The van der Waals surface area contributed by atoms with Crippen molar-refractivity contribution in [1.82, 2.24) is 4.31 Å². The first kappa shape index (κ1) is 19.9. The Morgan fingerprint density at radius 3 is 2.38 bits per heavy atom. The molecule has 2 aromatic rings. The average molecular weight is 377 g/mol. The third-order valence-corrected chi connectivity index (χ3v) is 5.83. The molecule has 0 unspecified atom stereocenters. The van der Waals surface area contributed by atoms with Crippen molar-refractivity contribution in [1.29, 1.82) is 0 Å². The molecule has 0 bridgehead atoms. The molecule has 26 heavy (non-hydrogen) atoms. The number of rotatable bonds is 8. The number of hydrogen-bond acceptors (Lipinski definition) is 5. The smallest absolute Gasteiger partial charge is 0.338 e. The Labute approximate surface area is 154 Å². The Kier molecular flexibility index (Phi) is 6.76. The Balaban J connectivity index is 1.97. The summed E-state index contributed by atoms with van der Waals surface area (Å²) in [5.74, 6) is 0.0966. The zero-order chi connectivity index (χ0) is 19.2. The highest BCUT2D eigenvalue weighted by molar-refractivity contribution is 7.89. The van der Waals surface area contributed by atoms with Gasteiger partial charge in [0, 0.05) is 13.1 Å². The van der Waals surface area contributed by atoms with Crippen LogP contribution in [0.2, 0.25) is 0 Å². The summed E-state index contributed by atoms with van der Waals surface area (Å²) in [4.78, 5) is 12.2. The highest BCUT2D eigenvalue weighted by Crippen LogP contribution is 2.18. The van der Waals surface area contributed by atoms with Crippen molar-refractivity contribution in [2.24, 2.45) is 0 Å². The standard InChI is InChI=1S/C19H23NO5S/c1-15(2)20(3)26(22,23)18-11-7-8-16(14-18)19(21)25-13-12-24-17-9-5-4-6-10-17/h4-11,14-15H,12-13H2,1-3H3. The van der Waals surface area contributed by atoms with Crippen molar-refractivity contribution >= 4 is 16.0 Å². The molecule has 0 aliphatic carbocycles. The molecule has 7 heteroatoms. The van der Waals surface area contributed by atoms with Crippen molar-refractivity contribution in [3.63, 3.8) is 0 Å². The third kappa shape index (κ3) is 5.06. The quantitative estimate of drug-likeness (QED) is 0.522. The number of esters is 1. The predicted molar refractivity (Wildman–Crippen MR) is 98.7 cm³/mol. The fourth-order valence-corrected chi connectivity index (χ4v) is 3.54. The van der Waals surface area contributed by atoms with Crippen LogP contribution in [0.4, 0.5) is 0 Å². The minimum atomic E-state index is -3.65. The zero-order valence-corrected chi connectivity index (χ0v) is 15.9. The lowest BCUT2D eigenvalue weighted by Gasteiger charge is -2.21. The molecule has 0 radical (unpaired) electrons. The van der Waals surface area contributed by atoms with Gasteiger partial charge in [0.2, 0.25) is 10.0 Å². The molecular weight excluding hydrogens is 354 g/mol. The molecule has 0 saturated heterocycles. The third-order valence-electron chi connectivity index (χ3n) is 3.80. The van der Waals surface area contributed by atoms with Crippen LogP contribution in [0, 0.1) is 0 Å². The second kappa shape index (κ2) is 8.82. The van der Waals surface area contributed by atoms with Gasteiger partial charge >= 0.3 is 5.97 Å². The largest absolute Gasteiger partial charge is 0.490 e. The van der Waals surface area contributed by atoms with Crippen LogP contribution >= 0.6 is 0 Å². The Bertz CT molecular complexity index is 834. The topological polar surface area (TPSA) is 72.9 Å². The Morgan fingerprint density at radius 1 is 1.04 bits per heavy atom. The van der Waals surface area contributed by atoms with Crippen molar-refractivity contribution in [2.45, 2.75) is 24.8 Å². The van der Waals surface area contributed by atoms with Crippen LogP contribution in [0.15, 0.2) is 59.5 Å². The summed E-state index contributed by atoms with van der Waals surface area (Å²) in [6.45, 7) is 3.84. The van der Waals surface area contributed by atoms with Gasteiger partial charge in [0.1, 0.15) is 19.0 Å². The Morgan fingerprint density at radius 2 is 1.73 bits per heavy atom. The highest BCUT2D eigenvalue weighted by Gasteiger charge is 2.24. The van der Waals surface area contributed by atoms with E-state index in [2.05, 4.69) is 0 Å². The van der Waals surface area contributed by atoms with E-state index in [9.17, 15) is 13.2 Å². The van der Waals surface area contributed by atoms with E-state index in [-0.39, 0.29) is 29.7 Å². The van der Waals surface area contributed by atoms with E-state index in [1.807, 2.05) is 18.2 Å². The van der Waals surface area contributed by atoms with Crippen molar-refractivity contribution in [3.05, 3.63) is 60.2 Å². The van der Waals surface area contributed by atoms with Gasteiger partial charge in [-0.3, -0.25) is 0 Å². The number of hydrogen-bond donors (Lipinski definition) is 0. The van der Waals surface area contributed by atoms with Gasteiger partial charge < -0.3 is 9.47 Å². The van der Waals surface area contributed by atoms with Gasteiger partial charge in [0.15, 0.2) is 0 Å². The molecule has 0 atom stereocenters. The van der Waals surface area contributed by atoms with Crippen molar-refractivity contribution in [3.8, 4) is 5.75 Å². The van der Waals surface area contributed by atoms with E-state index >= 15 is 0 Å². The van der Waals surface area contributed by atoms with Gasteiger partial charge in [-0.15, -0.1) is 0 Å². The summed E-state index contributed by atoms with van der Waals surface area (Å²) in [6.07, 6.45) is 0. The van der Waals surface area contributed by atoms with E-state index < -0.39 is 16.0 Å². The molecule has 0 fully saturated rings. The van der Waals surface area contributed by atoms with Crippen molar-refractivity contribution < 1.29 is 22.7 Å². The molecule has 0 saturated carbocycles. The monoisotopic (exact) mass is 377 g/mol. The maximum absolute atomic E-state index is 12.5. The first-order chi connectivity index (χ1) is 12.3. The maximum Gasteiger partial charge on any atom is 0.338 e. The molecule has 0 amide bonds. The highest BCUT2D eigenvalue weighted by atomic mass is 32.2. The van der Waals surface area contributed by atoms with Gasteiger partial charge in [0.05, 0.1) is 10.5 Å². The molecule has 0 aliphatic rings. The van der Waals surface area contributed by atoms with Crippen LogP contribution in [-0.2, 0) is 14.8 Å². The van der Waals surface area contributed by atoms with Crippen LogP contribution in [0.1, 0.15) is 24.2 Å². The lowest BCUT2D eigenvalue weighted by atomic mass is 10.2. The van der Waals surface area contributed by atoms with E-state index in [0.717, 1.165) is 0 Å². The number of para-hydroxylation sites is 1. The number of nitrogens with zero attached hydrogens (tertiary/aromatic N) is 1. The molecule has 6 nitrogen and oxygen atoms in total. The molecule has 0 aromatic heterocycles. The molecule has 0 aliphatic heterocycles. The van der Waals surface area contributed by atoms with Crippen LogP contribution in [-0.4, -0.2) is 45.0 Å². The fraction of sp³-hybridized carbons (Fsp3) is 0.316. The second-order valence-electron chi connectivity index (χ2n) is 5.94. The SMILES string of the molecule is CC(C)N(C)S(=O)(=O)c1cccc(C(=O)OCCOc2ccccc2)c1. The Hall–Kier alpha value is -2.38. The van der Waals surface area contributed by atoms with Gasteiger partial charge in [-0.2, -0.15) is 4.31 Å². The number of ether oxygens (including phenoxy) is 2. The molecule has 2 aromatic carbocycles. The van der Waals surface area contributed by atoms with E-state index in [1.165, 1.54) is 35.6 Å². The second-order valence-corrected chi connectivity index (χ2v) is 7.94. The number of sulfonamides is 1. The van der Waals surface area contributed by atoms with Gasteiger partial charge in [-0.25, -0.2) is 13.2 Å². The maximum atomic E-state index is 12.5. The van der Waals surface area contributed by atoms with Gasteiger partial charge in [0.25, 0.3) is 0 Å². The summed E-state index contributed by atoms with van der Waals surface area (Å²) < 4.78 is 36.9. The summed E-state index contributed by atoms with van der Waals surface area (Å²) in [7, 11) is -2.15. The number of benzene rings is 2. The zero-order valence-electron chi connectivity index (χ0n) is 15.1. The molecular formula is C19H23NO5S. The van der Waals surface area contributed by atoms with Crippen LogP contribution in [0.25, 0.3) is 0 Å². The van der Waals surface area contributed by atoms with Crippen LogP contribution in [0.5, 0.6) is 5.75 Å². The van der Waals surface area contributed by atoms with Gasteiger partial charge in [-0.05, 0) is 44.2 Å². The normalized spacial score (nSPS) is 11.6. The molecule has 2 rings (SSSR count). The summed E-state index contributed by atoms with van der Waals surface area (Å²) >= 11 is 0. The van der Waals surface area contributed by atoms with E-state index in [0.29, 0.717) is 5.75 Å². The first-order valence-corrected chi connectivity index (χ1v) is 9.69. The summed E-state index contributed by atoms with van der Waals surface area (Å²) in [5, 5.41) is 0. The molecule has 0 spiro atoms. The van der Waals surface area contributed by atoms with E-state index in [4.69, 9.17) is 9.47 Å². The lowest BCUT2D eigenvalue weighted by molar-refractivity contribution is 0.0450. The fourth-order valence-electron chi connectivity index (χ4n) is 2.12. The van der Waals surface area contributed by atoms with E-state index in [1.54, 1.807) is 26.0 Å². The number of carbonyl (C=O) groups excluding carboxylic acids is 1. The predicted octanol–water partition coefficient (Wildman–Crippen LogP) is 2.95. The van der Waals surface area contributed by atoms with Crippen LogP contribution < -0.4 is 4.74 Å². The molecule has 140 valence electrons. The summed E-state index contributed by atoms with van der Waals surface area (Å²) in [5.41, 5.74) is 0.183. The van der Waals surface area contributed by atoms with Gasteiger partial charge in [-0.1, -0.05) is 24.3 Å². The number of carbonyl (C=O) groups is 1. The first-order valence-electron chi connectivity index (χ1n) is 8.25.